The highest BCUT2D eigenvalue weighted by Crippen LogP contribution is 2.42. The highest BCUT2D eigenvalue weighted by atomic mass is 16.5. The molecule has 31 heavy (non-hydrogen) atoms. The quantitative estimate of drug-likeness (QED) is 0.443. The lowest BCUT2D eigenvalue weighted by Gasteiger charge is -2.39. The lowest BCUT2D eigenvalue weighted by Crippen LogP contribution is -2.35. The van der Waals surface area contributed by atoms with Gasteiger partial charge in [-0.1, -0.05) is 33.3 Å². The van der Waals surface area contributed by atoms with E-state index in [0.717, 1.165) is 42.7 Å². The van der Waals surface area contributed by atoms with Crippen LogP contribution in [0.5, 0.6) is 11.5 Å². The molecule has 0 saturated carbocycles. The maximum atomic E-state index is 5.53. The van der Waals surface area contributed by atoms with Crippen molar-refractivity contribution in [3.8, 4) is 11.5 Å². The van der Waals surface area contributed by atoms with E-state index >= 15 is 0 Å². The molecule has 0 fully saturated rings. The van der Waals surface area contributed by atoms with Crippen molar-refractivity contribution in [1.29, 1.82) is 0 Å². The van der Waals surface area contributed by atoms with E-state index in [-0.39, 0.29) is 6.04 Å². The van der Waals surface area contributed by atoms with Crippen LogP contribution in [-0.4, -0.2) is 20.3 Å². The van der Waals surface area contributed by atoms with Gasteiger partial charge in [0.15, 0.2) is 0 Å². The molecule has 3 nitrogen and oxygen atoms in total. The summed E-state index contributed by atoms with van der Waals surface area (Å²) in [5, 5.41) is 0. The molecule has 166 valence electrons. The number of hydrogen-bond acceptors (Lipinski definition) is 3. The first-order valence-corrected chi connectivity index (χ1v) is 11.5. The molecule has 0 bridgehead atoms. The van der Waals surface area contributed by atoms with Crippen molar-refractivity contribution in [2.45, 2.75) is 66.3 Å². The molecule has 0 radical (unpaired) electrons. The molecular formula is C28H37NO2. The molecule has 1 heterocycles. The summed E-state index contributed by atoms with van der Waals surface area (Å²) in [6.45, 7) is 11.1. The standard InChI is InChI=1S/C28H37NO2/c1-8-11-22-18-29(23-13-15-27(31-7)20(5)17-23)25(10-3)28(24(22)9-2)21-12-14-26(30-6)19(4)16-21/h12-18,25H,8-11H2,1-7H3. The van der Waals surface area contributed by atoms with E-state index in [2.05, 4.69) is 82.1 Å². The zero-order chi connectivity index (χ0) is 22.5. The third-order valence-corrected chi connectivity index (χ3v) is 6.32. The number of methoxy groups -OCH3 is 2. The Morgan fingerprint density at radius 3 is 2.03 bits per heavy atom. The summed E-state index contributed by atoms with van der Waals surface area (Å²) in [6, 6.07) is 13.4. The Morgan fingerprint density at radius 2 is 1.52 bits per heavy atom. The van der Waals surface area contributed by atoms with Gasteiger partial charge in [0.25, 0.3) is 0 Å². The van der Waals surface area contributed by atoms with E-state index < -0.39 is 0 Å². The predicted molar refractivity (Wildman–Crippen MR) is 132 cm³/mol. The molecule has 0 spiro atoms. The Morgan fingerprint density at radius 1 is 0.871 bits per heavy atom. The summed E-state index contributed by atoms with van der Waals surface area (Å²) in [4.78, 5) is 2.48. The average molecular weight is 420 g/mol. The SMILES string of the molecule is CCCC1=CN(c2ccc(OC)c(C)c2)C(CC)C(c2ccc(OC)c(C)c2)=C1CC. The van der Waals surface area contributed by atoms with Gasteiger partial charge in [0.2, 0.25) is 0 Å². The highest BCUT2D eigenvalue weighted by Gasteiger charge is 2.30. The second-order valence-corrected chi connectivity index (χ2v) is 8.32. The molecule has 1 aliphatic heterocycles. The number of rotatable bonds is 8. The van der Waals surface area contributed by atoms with Gasteiger partial charge in [0.05, 0.1) is 20.3 Å². The molecule has 0 amide bonds. The number of benzene rings is 2. The topological polar surface area (TPSA) is 21.7 Å². The van der Waals surface area contributed by atoms with Crippen LogP contribution in [0.1, 0.15) is 63.1 Å². The molecule has 1 atom stereocenters. The Balaban J connectivity index is 2.19. The molecule has 0 aromatic heterocycles. The third kappa shape index (κ3) is 4.51. The number of nitrogens with zero attached hydrogens (tertiary/aromatic N) is 1. The fourth-order valence-corrected chi connectivity index (χ4v) is 4.84. The smallest absolute Gasteiger partial charge is 0.121 e. The summed E-state index contributed by atoms with van der Waals surface area (Å²) in [6.07, 6.45) is 6.70. The number of ether oxygens (including phenoxy) is 2. The minimum absolute atomic E-state index is 0.288. The average Bonchev–Trinajstić information content (AvgIpc) is 2.78. The van der Waals surface area contributed by atoms with Crippen LogP contribution in [0.2, 0.25) is 0 Å². The van der Waals surface area contributed by atoms with Crippen LogP contribution >= 0.6 is 0 Å². The second-order valence-electron chi connectivity index (χ2n) is 8.32. The zero-order valence-corrected chi connectivity index (χ0v) is 20.2. The van der Waals surface area contributed by atoms with Crippen molar-refractivity contribution in [3.05, 3.63) is 70.4 Å². The molecule has 0 aliphatic carbocycles. The molecule has 2 aromatic rings. The molecule has 0 N–H and O–H groups in total. The van der Waals surface area contributed by atoms with Crippen LogP contribution in [0, 0.1) is 13.8 Å². The largest absolute Gasteiger partial charge is 0.496 e. The summed E-state index contributed by atoms with van der Waals surface area (Å²) in [5.74, 6) is 1.88. The van der Waals surface area contributed by atoms with Gasteiger partial charge >= 0.3 is 0 Å². The van der Waals surface area contributed by atoms with E-state index in [1.54, 1.807) is 14.2 Å². The number of aryl methyl sites for hydroxylation is 2. The summed E-state index contributed by atoms with van der Waals surface area (Å²) in [5.41, 5.74) is 9.26. The molecule has 3 heteroatoms. The van der Waals surface area contributed by atoms with Gasteiger partial charge in [-0.15, -0.1) is 0 Å². The van der Waals surface area contributed by atoms with Crippen LogP contribution in [-0.2, 0) is 0 Å². The van der Waals surface area contributed by atoms with Gasteiger partial charge < -0.3 is 14.4 Å². The Hall–Kier alpha value is -2.68. The lowest BCUT2D eigenvalue weighted by atomic mass is 9.82. The normalized spacial score (nSPS) is 16.4. The number of hydrogen-bond donors (Lipinski definition) is 0. The first-order valence-electron chi connectivity index (χ1n) is 11.5. The van der Waals surface area contributed by atoms with Crippen LogP contribution in [0.15, 0.2) is 53.7 Å². The van der Waals surface area contributed by atoms with E-state index in [1.807, 2.05) is 0 Å². The maximum absolute atomic E-state index is 5.53. The van der Waals surface area contributed by atoms with Crippen molar-refractivity contribution in [1.82, 2.24) is 0 Å². The Bertz CT molecular complexity index is 987. The summed E-state index contributed by atoms with van der Waals surface area (Å²) in [7, 11) is 3.47. The van der Waals surface area contributed by atoms with Gasteiger partial charge in [0, 0.05) is 11.9 Å². The Labute approximate surface area is 188 Å². The van der Waals surface area contributed by atoms with E-state index in [4.69, 9.17) is 9.47 Å². The van der Waals surface area contributed by atoms with Gasteiger partial charge in [0.1, 0.15) is 11.5 Å². The summed E-state index contributed by atoms with van der Waals surface area (Å²) >= 11 is 0. The minimum atomic E-state index is 0.288. The van der Waals surface area contributed by atoms with Gasteiger partial charge in [-0.25, -0.2) is 0 Å². The van der Waals surface area contributed by atoms with Gasteiger partial charge in [-0.05, 0) is 96.9 Å². The van der Waals surface area contributed by atoms with Crippen LogP contribution < -0.4 is 14.4 Å². The predicted octanol–water partition coefficient (Wildman–Crippen LogP) is 7.47. The van der Waals surface area contributed by atoms with E-state index in [1.165, 1.54) is 33.5 Å². The maximum Gasteiger partial charge on any atom is 0.121 e. The van der Waals surface area contributed by atoms with Crippen molar-refractivity contribution < 1.29 is 9.47 Å². The van der Waals surface area contributed by atoms with Gasteiger partial charge in [-0.3, -0.25) is 0 Å². The first-order chi connectivity index (χ1) is 15.0. The van der Waals surface area contributed by atoms with Crippen molar-refractivity contribution in [2.24, 2.45) is 0 Å². The Kier molecular flexibility index (Phi) is 7.48. The fraction of sp³-hybridized carbons (Fsp3) is 0.429. The highest BCUT2D eigenvalue weighted by molar-refractivity contribution is 5.82. The van der Waals surface area contributed by atoms with E-state index in [0.29, 0.717) is 0 Å². The van der Waals surface area contributed by atoms with Crippen molar-refractivity contribution in [3.63, 3.8) is 0 Å². The molecule has 3 rings (SSSR count). The lowest BCUT2D eigenvalue weighted by molar-refractivity contribution is 0.411. The van der Waals surface area contributed by atoms with Crippen LogP contribution in [0.25, 0.3) is 5.57 Å². The van der Waals surface area contributed by atoms with E-state index in [9.17, 15) is 0 Å². The van der Waals surface area contributed by atoms with Crippen LogP contribution in [0.3, 0.4) is 0 Å². The molecular weight excluding hydrogens is 382 g/mol. The minimum Gasteiger partial charge on any atom is -0.496 e. The first kappa shape index (κ1) is 23.0. The number of anilines is 1. The third-order valence-electron chi connectivity index (χ3n) is 6.32. The fourth-order valence-electron chi connectivity index (χ4n) is 4.84. The molecule has 1 unspecified atom stereocenters. The van der Waals surface area contributed by atoms with Crippen LogP contribution in [0.4, 0.5) is 5.69 Å². The zero-order valence-electron chi connectivity index (χ0n) is 20.2. The van der Waals surface area contributed by atoms with Crippen molar-refractivity contribution in [2.75, 3.05) is 19.1 Å². The molecule has 1 aliphatic rings. The number of allylic oxidation sites excluding steroid dienone is 2. The van der Waals surface area contributed by atoms with Gasteiger partial charge in [-0.2, -0.15) is 0 Å². The summed E-state index contributed by atoms with van der Waals surface area (Å²) < 4.78 is 11.0. The second kappa shape index (κ2) is 10.1. The van der Waals surface area contributed by atoms with Crippen molar-refractivity contribution >= 4 is 11.3 Å². The molecule has 2 aromatic carbocycles. The molecule has 0 saturated heterocycles. The monoisotopic (exact) mass is 419 g/mol.